The van der Waals surface area contributed by atoms with Crippen LogP contribution in [-0.2, 0) is 39.9 Å². The first-order valence-electron chi connectivity index (χ1n) is 16.1. The van der Waals surface area contributed by atoms with Gasteiger partial charge in [0.15, 0.2) is 6.10 Å². The molecule has 0 amide bonds. The number of esters is 2. The molecule has 5 atom stereocenters. The van der Waals surface area contributed by atoms with Crippen LogP contribution in [0, 0.1) is 11.3 Å². The average Bonchev–Trinajstić information content (AvgIpc) is 3.00. The predicted octanol–water partition coefficient (Wildman–Crippen LogP) is 8.11. The molecule has 1 aliphatic rings. The van der Waals surface area contributed by atoms with Gasteiger partial charge >= 0.3 is 11.9 Å². The smallest absolute Gasteiger partial charge is 0.330 e. The summed E-state index contributed by atoms with van der Waals surface area (Å²) < 4.78 is 30.6. The van der Waals surface area contributed by atoms with Crippen LogP contribution in [0.5, 0.6) is 0 Å². The van der Waals surface area contributed by atoms with Crippen molar-refractivity contribution >= 4 is 11.9 Å². The van der Waals surface area contributed by atoms with Crippen molar-refractivity contribution in [3.63, 3.8) is 0 Å². The summed E-state index contributed by atoms with van der Waals surface area (Å²) in [5.74, 6) is -2.06. The predicted molar refractivity (Wildman–Crippen MR) is 170 cm³/mol. The van der Waals surface area contributed by atoms with Gasteiger partial charge in [-0.2, -0.15) is 0 Å². The molecule has 7 nitrogen and oxygen atoms in total. The lowest BCUT2D eigenvalue weighted by atomic mass is 9.73. The van der Waals surface area contributed by atoms with Gasteiger partial charge in [-0.15, -0.1) is 0 Å². The number of rotatable bonds is 18. The minimum atomic E-state index is -1.37. The SMILES string of the molecule is CC/C=C/C(C)(C)[C@]1(OC)OC(C[C@@H](C)[C@H](C)OCc2ccccc2)C/C(=C\C(=O)OC)[C@@H]1OC(=O)CCCCCCC. The molecule has 1 aromatic rings. The summed E-state index contributed by atoms with van der Waals surface area (Å²) in [4.78, 5) is 25.8. The lowest BCUT2D eigenvalue weighted by molar-refractivity contribution is -0.337. The number of hydrogen-bond acceptors (Lipinski definition) is 7. The Balaban J connectivity index is 2.37. The topological polar surface area (TPSA) is 80.3 Å². The van der Waals surface area contributed by atoms with E-state index in [9.17, 15) is 9.59 Å². The Morgan fingerprint density at radius 1 is 1.07 bits per heavy atom. The summed E-state index contributed by atoms with van der Waals surface area (Å²) in [6.07, 6.45) is 11.6. The molecule has 1 unspecified atom stereocenters. The molecule has 43 heavy (non-hydrogen) atoms. The van der Waals surface area contributed by atoms with Crippen LogP contribution in [-0.4, -0.2) is 50.3 Å². The zero-order valence-electron chi connectivity index (χ0n) is 27.9. The Morgan fingerprint density at radius 3 is 2.40 bits per heavy atom. The summed E-state index contributed by atoms with van der Waals surface area (Å²) in [6, 6.07) is 10.1. The third kappa shape index (κ3) is 10.9. The van der Waals surface area contributed by atoms with Crippen LogP contribution < -0.4 is 0 Å². The van der Waals surface area contributed by atoms with E-state index in [4.69, 9.17) is 23.7 Å². The van der Waals surface area contributed by atoms with E-state index in [0.717, 1.165) is 44.1 Å². The highest BCUT2D eigenvalue weighted by Gasteiger charge is 2.59. The van der Waals surface area contributed by atoms with Crippen LogP contribution >= 0.6 is 0 Å². The second-order valence-electron chi connectivity index (χ2n) is 12.3. The molecule has 0 N–H and O–H groups in total. The maximum Gasteiger partial charge on any atom is 0.330 e. The third-order valence-electron chi connectivity index (χ3n) is 8.49. The molecule has 0 saturated carbocycles. The number of methoxy groups -OCH3 is 2. The minimum Gasteiger partial charge on any atom is -0.466 e. The number of allylic oxidation sites excluding steroid dienone is 1. The maximum atomic E-state index is 13.2. The monoisotopic (exact) mass is 600 g/mol. The number of ether oxygens (including phenoxy) is 5. The Hall–Kier alpha value is -2.48. The lowest BCUT2D eigenvalue weighted by Crippen LogP contribution is -2.63. The van der Waals surface area contributed by atoms with Gasteiger partial charge in [-0.3, -0.25) is 4.79 Å². The molecule has 0 aromatic heterocycles. The molecule has 2 rings (SSSR count). The van der Waals surface area contributed by atoms with Crippen LogP contribution in [0.4, 0.5) is 0 Å². The minimum absolute atomic E-state index is 0.0370. The van der Waals surface area contributed by atoms with E-state index in [1.54, 1.807) is 7.11 Å². The fourth-order valence-corrected chi connectivity index (χ4v) is 5.67. The molecule has 0 spiro atoms. The average molecular weight is 601 g/mol. The summed E-state index contributed by atoms with van der Waals surface area (Å²) in [7, 11) is 2.93. The molecule has 242 valence electrons. The zero-order chi connectivity index (χ0) is 31.9. The molecule has 7 heteroatoms. The quantitative estimate of drug-likeness (QED) is 0.0729. The third-order valence-corrected chi connectivity index (χ3v) is 8.49. The van der Waals surface area contributed by atoms with Crippen molar-refractivity contribution in [1.29, 1.82) is 0 Å². The molecule has 0 aliphatic carbocycles. The van der Waals surface area contributed by atoms with E-state index in [2.05, 4.69) is 52.0 Å². The Kier molecular flexibility index (Phi) is 15.7. The van der Waals surface area contributed by atoms with Gasteiger partial charge in [0.1, 0.15) is 0 Å². The van der Waals surface area contributed by atoms with Crippen LogP contribution in [0.1, 0.15) is 105 Å². The van der Waals surface area contributed by atoms with E-state index < -0.39 is 23.3 Å². The summed E-state index contributed by atoms with van der Waals surface area (Å²) in [6.45, 7) is 13.0. The lowest BCUT2D eigenvalue weighted by Gasteiger charge is -2.53. The van der Waals surface area contributed by atoms with Crippen molar-refractivity contribution in [1.82, 2.24) is 0 Å². The zero-order valence-corrected chi connectivity index (χ0v) is 27.9. The fraction of sp³-hybridized carbons (Fsp3) is 0.667. The highest BCUT2D eigenvalue weighted by molar-refractivity contribution is 5.83. The van der Waals surface area contributed by atoms with Crippen molar-refractivity contribution in [2.45, 2.75) is 130 Å². The molecular weight excluding hydrogens is 544 g/mol. The summed E-state index contributed by atoms with van der Waals surface area (Å²) >= 11 is 0. The van der Waals surface area contributed by atoms with E-state index >= 15 is 0 Å². The maximum absolute atomic E-state index is 13.2. The molecule has 1 aliphatic heterocycles. The Labute approximate surface area is 260 Å². The van der Waals surface area contributed by atoms with Gasteiger partial charge in [0.25, 0.3) is 0 Å². The van der Waals surface area contributed by atoms with E-state index in [1.807, 2.05) is 32.0 Å². The Bertz CT molecular complexity index is 1030. The van der Waals surface area contributed by atoms with Crippen LogP contribution in [0.3, 0.4) is 0 Å². The van der Waals surface area contributed by atoms with E-state index in [0.29, 0.717) is 31.4 Å². The first-order chi connectivity index (χ1) is 20.5. The summed E-state index contributed by atoms with van der Waals surface area (Å²) in [5, 5.41) is 0. The van der Waals surface area contributed by atoms with E-state index in [-0.39, 0.29) is 24.1 Å². The van der Waals surface area contributed by atoms with Gasteiger partial charge in [0, 0.05) is 25.0 Å². The van der Waals surface area contributed by atoms with E-state index in [1.165, 1.54) is 13.2 Å². The largest absolute Gasteiger partial charge is 0.466 e. The molecule has 0 bridgehead atoms. The number of benzene rings is 1. The van der Waals surface area contributed by atoms with Crippen LogP contribution in [0.2, 0.25) is 0 Å². The van der Waals surface area contributed by atoms with Crippen molar-refractivity contribution in [2.24, 2.45) is 11.3 Å². The van der Waals surface area contributed by atoms with Gasteiger partial charge in [-0.25, -0.2) is 4.79 Å². The van der Waals surface area contributed by atoms with Gasteiger partial charge in [-0.05, 0) is 49.7 Å². The van der Waals surface area contributed by atoms with Gasteiger partial charge in [0.2, 0.25) is 5.79 Å². The highest BCUT2D eigenvalue weighted by Crippen LogP contribution is 2.49. The fourth-order valence-electron chi connectivity index (χ4n) is 5.67. The van der Waals surface area contributed by atoms with Gasteiger partial charge in [-0.1, -0.05) is 103 Å². The first kappa shape index (κ1) is 36.7. The normalized spacial score (nSPS) is 23.3. The number of carbonyl (C=O) groups is 2. The number of hydrogen-bond donors (Lipinski definition) is 0. The molecule has 1 saturated heterocycles. The Morgan fingerprint density at radius 2 is 1.77 bits per heavy atom. The van der Waals surface area contributed by atoms with Crippen LogP contribution in [0.25, 0.3) is 0 Å². The highest BCUT2D eigenvalue weighted by atomic mass is 16.7. The second-order valence-corrected chi connectivity index (χ2v) is 12.3. The standard InChI is InChI=1S/C36H56O7/c1-9-11-13-14-18-21-32(37)42-34-30(25-33(38)39-7)24-31(43-36(34,40-8)35(5,6)22-12-10-2)23-27(3)28(4)41-26-29-19-16-15-17-20-29/h12,15-17,19-20,22,25,27-28,31,34H,9-11,13-14,18,21,23-24,26H2,1-8H3/b22-12+,30-25+/t27-,28+,31?,34+,36-/m1/s1. The van der Waals surface area contributed by atoms with Crippen molar-refractivity contribution < 1.29 is 33.3 Å². The van der Waals surface area contributed by atoms with Crippen molar-refractivity contribution in [3.05, 3.63) is 59.7 Å². The molecule has 0 radical (unpaired) electrons. The van der Waals surface area contributed by atoms with Gasteiger partial charge < -0.3 is 23.7 Å². The summed E-state index contributed by atoms with van der Waals surface area (Å²) in [5.41, 5.74) is 1.04. The molecule has 1 heterocycles. The van der Waals surface area contributed by atoms with Crippen molar-refractivity contribution in [3.8, 4) is 0 Å². The number of carbonyl (C=O) groups excluding carboxylic acids is 2. The van der Waals surface area contributed by atoms with Crippen LogP contribution in [0.15, 0.2) is 54.1 Å². The molecule has 1 aromatic carbocycles. The first-order valence-corrected chi connectivity index (χ1v) is 16.1. The number of unbranched alkanes of at least 4 members (excludes halogenated alkanes) is 4. The van der Waals surface area contributed by atoms with Gasteiger partial charge in [0.05, 0.1) is 25.9 Å². The molecule has 1 fully saturated rings. The second kappa shape index (κ2) is 18.4. The van der Waals surface area contributed by atoms with Crippen molar-refractivity contribution in [2.75, 3.05) is 14.2 Å². The molecular formula is C36H56O7.